The molecule has 1 aromatic heterocycles. The molecule has 0 radical (unpaired) electrons. The zero-order valence-electron chi connectivity index (χ0n) is 10.5. The summed E-state index contributed by atoms with van der Waals surface area (Å²) in [6, 6.07) is 2.15. The highest BCUT2D eigenvalue weighted by Gasteiger charge is 2.24. The van der Waals surface area contributed by atoms with Crippen LogP contribution in [0.3, 0.4) is 0 Å². The average Bonchev–Trinajstić information content (AvgIpc) is 2.76. The van der Waals surface area contributed by atoms with Crippen molar-refractivity contribution in [2.75, 3.05) is 23.7 Å². The number of carbonyl (C=O) groups excluding carboxylic acids is 1. The number of nitriles is 1. The molecule has 1 saturated heterocycles. The van der Waals surface area contributed by atoms with Gasteiger partial charge in [-0.15, -0.1) is 11.3 Å². The Labute approximate surface area is 111 Å². The molecular weight excluding hydrogens is 246 g/mol. The lowest BCUT2D eigenvalue weighted by Gasteiger charge is -2.27. The number of Topliss-reactive ketones (excluding diaryl/α,β-unsaturated/α-hetero) is 1. The number of hydrogen-bond donors (Lipinski definition) is 1. The highest BCUT2D eigenvalue weighted by Crippen LogP contribution is 2.39. The van der Waals surface area contributed by atoms with Crippen LogP contribution in [-0.4, -0.2) is 18.9 Å². The number of nitrogens with two attached hydrogens (primary N) is 1. The van der Waals surface area contributed by atoms with E-state index < -0.39 is 0 Å². The van der Waals surface area contributed by atoms with Crippen molar-refractivity contribution in [1.82, 2.24) is 0 Å². The van der Waals surface area contributed by atoms with Crippen LogP contribution in [0.2, 0.25) is 0 Å². The lowest BCUT2D eigenvalue weighted by molar-refractivity contribution is 0.0993. The van der Waals surface area contributed by atoms with Crippen LogP contribution in [0, 0.1) is 11.3 Å². The minimum absolute atomic E-state index is 0.0252. The first-order valence-electron chi connectivity index (χ1n) is 6.29. The zero-order valence-corrected chi connectivity index (χ0v) is 11.3. The minimum atomic E-state index is 0.0252. The summed E-state index contributed by atoms with van der Waals surface area (Å²) in [4.78, 5) is 14.5. The second kappa shape index (κ2) is 5.40. The largest absolute Gasteiger partial charge is 0.396 e. The fourth-order valence-corrected chi connectivity index (χ4v) is 3.46. The van der Waals surface area contributed by atoms with Crippen LogP contribution in [0.5, 0.6) is 0 Å². The van der Waals surface area contributed by atoms with Crippen LogP contribution >= 0.6 is 11.3 Å². The number of piperidine rings is 1. The van der Waals surface area contributed by atoms with Crippen LogP contribution < -0.4 is 10.6 Å². The van der Waals surface area contributed by atoms with Gasteiger partial charge in [-0.25, -0.2) is 0 Å². The maximum absolute atomic E-state index is 11.8. The highest BCUT2D eigenvalue weighted by molar-refractivity contribution is 7.19. The second-order valence-corrected chi connectivity index (χ2v) is 5.46. The van der Waals surface area contributed by atoms with Gasteiger partial charge in [0.05, 0.1) is 10.6 Å². The van der Waals surface area contributed by atoms with Crippen molar-refractivity contribution in [3.63, 3.8) is 0 Å². The number of ketones is 1. The quantitative estimate of drug-likeness (QED) is 0.851. The van der Waals surface area contributed by atoms with Crippen molar-refractivity contribution in [3.8, 4) is 6.07 Å². The summed E-state index contributed by atoms with van der Waals surface area (Å²) >= 11 is 1.38. The first-order chi connectivity index (χ1) is 8.69. The molecule has 4 nitrogen and oxygen atoms in total. The van der Waals surface area contributed by atoms with Crippen LogP contribution in [0.15, 0.2) is 0 Å². The molecule has 18 heavy (non-hydrogen) atoms. The average molecular weight is 263 g/mol. The fraction of sp³-hybridized carbons (Fsp3) is 0.538. The van der Waals surface area contributed by atoms with Crippen molar-refractivity contribution >= 4 is 27.8 Å². The van der Waals surface area contributed by atoms with Gasteiger partial charge in [0.25, 0.3) is 0 Å². The number of anilines is 2. The summed E-state index contributed by atoms with van der Waals surface area (Å²) in [6.45, 7) is 3.72. The number of rotatable bonds is 3. The molecular formula is C13H17N3OS. The zero-order chi connectivity index (χ0) is 13.1. The predicted octanol–water partition coefficient (Wildman–Crippen LogP) is 2.78. The van der Waals surface area contributed by atoms with E-state index in [1.807, 2.05) is 6.92 Å². The Balaban J connectivity index is 2.40. The van der Waals surface area contributed by atoms with Crippen LogP contribution in [0.4, 0.5) is 10.7 Å². The first kappa shape index (κ1) is 12.9. The maximum atomic E-state index is 11.8. The van der Waals surface area contributed by atoms with E-state index in [4.69, 9.17) is 5.73 Å². The van der Waals surface area contributed by atoms with Gasteiger partial charge < -0.3 is 10.6 Å². The van der Waals surface area contributed by atoms with E-state index in [-0.39, 0.29) is 5.78 Å². The minimum Gasteiger partial charge on any atom is -0.396 e. The van der Waals surface area contributed by atoms with Gasteiger partial charge in [-0.2, -0.15) is 5.26 Å². The third kappa shape index (κ3) is 2.21. The van der Waals surface area contributed by atoms with Gasteiger partial charge in [0, 0.05) is 19.5 Å². The Morgan fingerprint density at radius 3 is 2.67 bits per heavy atom. The molecule has 0 bridgehead atoms. The first-order valence-corrected chi connectivity index (χ1v) is 7.11. The molecule has 96 valence electrons. The molecule has 0 unspecified atom stereocenters. The third-order valence-corrected chi connectivity index (χ3v) is 4.56. The van der Waals surface area contributed by atoms with Gasteiger partial charge >= 0.3 is 0 Å². The number of hydrogen-bond acceptors (Lipinski definition) is 5. The Kier molecular flexibility index (Phi) is 3.87. The molecule has 1 aromatic rings. The molecule has 0 amide bonds. The molecule has 2 N–H and O–H groups in total. The van der Waals surface area contributed by atoms with E-state index in [9.17, 15) is 10.1 Å². The molecule has 1 fully saturated rings. The van der Waals surface area contributed by atoms with Crippen molar-refractivity contribution in [2.24, 2.45) is 0 Å². The smallest absolute Gasteiger partial charge is 0.174 e. The van der Waals surface area contributed by atoms with Gasteiger partial charge in [0.2, 0.25) is 0 Å². The summed E-state index contributed by atoms with van der Waals surface area (Å²) in [5, 5.41) is 10.1. The van der Waals surface area contributed by atoms with Crippen molar-refractivity contribution < 1.29 is 4.79 Å². The molecule has 0 aromatic carbocycles. The van der Waals surface area contributed by atoms with Crippen molar-refractivity contribution in [2.45, 2.75) is 32.6 Å². The molecule has 1 aliphatic heterocycles. The molecule has 0 atom stereocenters. The standard InChI is InChI=1S/C13H17N3OS/c1-2-10(17)12-11(15)9(8-14)13(18-12)16-6-4-3-5-7-16/h2-7,15H2,1H3. The summed E-state index contributed by atoms with van der Waals surface area (Å²) in [6.07, 6.45) is 3.94. The van der Waals surface area contributed by atoms with E-state index in [0.717, 1.165) is 30.9 Å². The van der Waals surface area contributed by atoms with E-state index >= 15 is 0 Å². The Morgan fingerprint density at radius 2 is 2.11 bits per heavy atom. The topological polar surface area (TPSA) is 70.1 Å². The van der Waals surface area contributed by atoms with Gasteiger partial charge in [-0.1, -0.05) is 6.92 Å². The number of nitrogen functional groups attached to an aromatic ring is 1. The van der Waals surface area contributed by atoms with Gasteiger partial charge in [-0.3, -0.25) is 4.79 Å². The summed E-state index contributed by atoms with van der Waals surface area (Å²) in [5.41, 5.74) is 6.79. The number of thiophene rings is 1. The van der Waals surface area contributed by atoms with Crippen molar-refractivity contribution in [1.29, 1.82) is 5.26 Å². The number of carbonyl (C=O) groups is 1. The van der Waals surface area contributed by atoms with Gasteiger partial charge in [0.15, 0.2) is 5.78 Å². The summed E-state index contributed by atoms with van der Waals surface area (Å²) < 4.78 is 0. The molecule has 5 heteroatoms. The molecule has 2 rings (SSSR count). The third-order valence-electron chi connectivity index (χ3n) is 3.26. The van der Waals surface area contributed by atoms with Gasteiger partial charge in [-0.05, 0) is 19.3 Å². The van der Waals surface area contributed by atoms with Crippen LogP contribution in [-0.2, 0) is 0 Å². The maximum Gasteiger partial charge on any atom is 0.174 e. The van der Waals surface area contributed by atoms with E-state index in [2.05, 4.69) is 11.0 Å². The molecule has 0 saturated carbocycles. The highest BCUT2D eigenvalue weighted by atomic mass is 32.1. The van der Waals surface area contributed by atoms with Gasteiger partial charge in [0.1, 0.15) is 16.6 Å². The normalized spacial score (nSPS) is 15.4. The summed E-state index contributed by atoms with van der Waals surface area (Å²) in [5.74, 6) is 0.0252. The second-order valence-electron chi connectivity index (χ2n) is 4.46. The molecule has 0 spiro atoms. The fourth-order valence-electron chi connectivity index (χ4n) is 2.23. The Hall–Kier alpha value is -1.54. The summed E-state index contributed by atoms with van der Waals surface area (Å²) in [7, 11) is 0. The lowest BCUT2D eigenvalue weighted by atomic mass is 10.1. The Bertz CT molecular complexity index is 495. The van der Waals surface area contributed by atoms with Crippen LogP contribution in [0.1, 0.15) is 47.8 Å². The lowest BCUT2D eigenvalue weighted by Crippen LogP contribution is -2.29. The predicted molar refractivity (Wildman–Crippen MR) is 74.1 cm³/mol. The number of nitrogens with zero attached hydrogens (tertiary/aromatic N) is 2. The monoisotopic (exact) mass is 263 g/mol. The molecule has 1 aliphatic rings. The van der Waals surface area contributed by atoms with E-state index in [1.165, 1.54) is 17.8 Å². The molecule has 2 heterocycles. The van der Waals surface area contributed by atoms with E-state index in [0.29, 0.717) is 22.5 Å². The van der Waals surface area contributed by atoms with Crippen molar-refractivity contribution in [3.05, 3.63) is 10.4 Å². The van der Waals surface area contributed by atoms with E-state index in [1.54, 1.807) is 0 Å². The SMILES string of the molecule is CCC(=O)c1sc(N2CCCCC2)c(C#N)c1N. The molecule has 0 aliphatic carbocycles. The Morgan fingerprint density at radius 1 is 1.44 bits per heavy atom. The van der Waals surface area contributed by atoms with Crippen LogP contribution in [0.25, 0.3) is 0 Å².